The molecule has 1 N–H and O–H groups in total. The van der Waals surface area contributed by atoms with Crippen molar-refractivity contribution in [3.05, 3.63) is 15.9 Å². The number of aromatic nitrogens is 2. The molecule has 2 atom stereocenters. The highest BCUT2D eigenvalue weighted by Gasteiger charge is 2.34. The van der Waals surface area contributed by atoms with Crippen LogP contribution in [0, 0.1) is 23.0 Å². The minimum atomic E-state index is -0.446. The van der Waals surface area contributed by atoms with Gasteiger partial charge in [0.15, 0.2) is 0 Å². The largest absolute Gasteiger partial charge is 0.406 e. The molecule has 1 saturated heterocycles. The van der Waals surface area contributed by atoms with Crippen LogP contribution in [0.5, 0.6) is 0 Å². The number of nitro groups is 1. The van der Waals surface area contributed by atoms with E-state index in [1.165, 1.54) is 0 Å². The Hall–Kier alpha value is -1.63. The van der Waals surface area contributed by atoms with Gasteiger partial charge < -0.3 is 20.1 Å². The lowest BCUT2D eigenvalue weighted by Crippen LogP contribution is -2.26. The monoisotopic (exact) mass is 254 g/mol. The smallest absolute Gasteiger partial charge is 0.393 e. The summed E-state index contributed by atoms with van der Waals surface area (Å²) in [6.45, 7) is 4.86. The summed E-state index contributed by atoms with van der Waals surface area (Å²) in [5.74, 6) is 1.24. The third-order valence-corrected chi connectivity index (χ3v) is 3.65. The van der Waals surface area contributed by atoms with Crippen molar-refractivity contribution in [1.82, 2.24) is 9.55 Å². The van der Waals surface area contributed by atoms with Crippen LogP contribution >= 0.6 is 0 Å². The first-order chi connectivity index (χ1) is 8.41. The molecule has 2 heterocycles. The molecule has 0 radical (unpaired) electrons. The van der Waals surface area contributed by atoms with Crippen LogP contribution in [0.25, 0.3) is 0 Å². The molecular formula is C11H18N4O3. The molecule has 100 valence electrons. The average molecular weight is 254 g/mol. The number of aliphatic hydroxyl groups is 1. The van der Waals surface area contributed by atoms with Gasteiger partial charge in [-0.25, -0.2) is 0 Å². The van der Waals surface area contributed by atoms with Crippen molar-refractivity contribution < 1.29 is 10.0 Å². The Kier molecular flexibility index (Phi) is 3.25. The van der Waals surface area contributed by atoms with Crippen LogP contribution in [0.3, 0.4) is 0 Å². The number of imidazole rings is 1. The molecule has 2 unspecified atom stereocenters. The number of rotatable bonds is 3. The number of hydrogen-bond acceptors (Lipinski definition) is 5. The quantitative estimate of drug-likeness (QED) is 0.638. The van der Waals surface area contributed by atoms with Gasteiger partial charge in [-0.05, 0) is 23.3 Å². The van der Waals surface area contributed by atoms with Crippen LogP contribution in [0.4, 0.5) is 11.6 Å². The SMILES string of the molecule is Cc1nc([N+](=O)[O-])c(N2CCC(C(C)O)C2)n1C. The topological polar surface area (TPSA) is 84.4 Å². The van der Waals surface area contributed by atoms with Crippen molar-refractivity contribution in [3.63, 3.8) is 0 Å². The first-order valence-corrected chi connectivity index (χ1v) is 6.02. The molecule has 2 rings (SSSR count). The van der Waals surface area contributed by atoms with Crippen LogP contribution < -0.4 is 4.90 Å². The molecule has 1 aliphatic rings. The number of aryl methyl sites for hydroxylation is 1. The standard InChI is InChI=1S/C11H18N4O3/c1-7(16)9-4-5-14(6-9)11-10(15(17)18)12-8(2)13(11)3/h7,9,16H,4-6H2,1-3H3. The zero-order valence-corrected chi connectivity index (χ0v) is 10.8. The first-order valence-electron chi connectivity index (χ1n) is 6.02. The van der Waals surface area contributed by atoms with Gasteiger partial charge in [0.05, 0.1) is 6.10 Å². The number of hydrogen-bond donors (Lipinski definition) is 1. The van der Waals surface area contributed by atoms with Gasteiger partial charge in [-0.3, -0.25) is 4.57 Å². The minimum absolute atomic E-state index is 0.0961. The summed E-state index contributed by atoms with van der Waals surface area (Å²) < 4.78 is 1.74. The van der Waals surface area contributed by atoms with E-state index < -0.39 is 4.92 Å². The molecule has 1 aliphatic heterocycles. The molecule has 0 saturated carbocycles. The maximum atomic E-state index is 11.0. The van der Waals surface area contributed by atoms with Crippen molar-refractivity contribution in [3.8, 4) is 0 Å². The van der Waals surface area contributed by atoms with Crippen molar-refractivity contribution in [2.75, 3.05) is 18.0 Å². The lowest BCUT2D eigenvalue weighted by Gasteiger charge is -2.18. The van der Waals surface area contributed by atoms with Gasteiger partial charge in [0.1, 0.15) is 0 Å². The van der Waals surface area contributed by atoms with Crippen LogP contribution in [0.2, 0.25) is 0 Å². The molecular weight excluding hydrogens is 236 g/mol. The lowest BCUT2D eigenvalue weighted by molar-refractivity contribution is -0.388. The van der Waals surface area contributed by atoms with Crippen molar-refractivity contribution in [2.24, 2.45) is 13.0 Å². The Bertz CT molecular complexity index is 469. The fourth-order valence-corrected chi connectivity index (χ4v) is 2.43. The van der Waals surface area contributed by atoms with Crippen LogP contribution in [-0.2, 0) is 7.05 Å². The average Bonchev–Trinajstić information content (AvgIpc) is 2.85. The molecule has 0 spiro atoms. The molecule has 0 bridgehead atoms. The summed E-state index contributed by atoms with van der Waals surface area (Å²) in [6, 6.07) is 0. The summed E-state index contributed by atoms with van der Waals surface area (Å²) in [7, 11) is 1.78. The van der Waals surface area contributed by atoms with Gasteiger partial charge in [0.25, 0.3) is 0 Å². The van der Waals surface area contributed by atoms with Crippen molar-refractivity contribution >= 4 is 11.6 Å². The maximum Gasteiger partial charge on any atom is 0.406 e. The third kappa shape index (κ3) is 2.05. The minimum Gasteiger partial charge on any atom is -0.393 e. The van der Waals surface area contributed by atoms with E-state index in [1.807, 2.05) is 4.90 Å². The van der Waals surface area contributed by atoms with Gasteiger partial charge in [-0.15, -0.1) is 0 Å². The van der Waals surface area contributed by atoms with Crippen LogP contribution in [0.1, 0.15) is 19.2 Å². The predicted molar refractivity (Wildman–Crippen MR) is 66.6 cm³/mol. The fraction of sp³-hybridized carbons (Fsp3) is 0.727. The van der Waals surface area contributed by atoms with E-state index in [9.17, 15) is 15.2 Å². The van der Waals surface area contributed by atoms with Gasteiger partial charge in [0.2, 0.25) is 11.6 Å². The fourth-order valence-electron chi connectivity index (χ4n) is 2.43. The van der Waals surface area contributed by atoms with E-state index in [0.29, 0.717) is 18.2 Å². The van der Waals surface area contributed by atoms with Crippen molar-refractivity contribution in [1.29, 1.82) is 0 Å². The molecule has 7 nitrogen and oxygen atoms in total. The van der Waals surface area contributed by atoms with Crippen molar-refractivity contribution in [2.45, 2.75) is 26.4 Å². The van der Waals surface area contributed by atoms with E-state index in [-0.39, 0.29) is 17.8 Å². The Morgan fingerprint density at radius 2 is 2.28 bits per heavy atom. The molecule has 0 aliphatic carbocycles. The summed E-state index contributed by atoms with van der Waals surface area (Å²) in [5.41, 5.74) is 0. The summed E-state index contributed by atoms with van der Waals surface area (Å²) in [4.78, 5) is 16.5. The second kappa shape index (κ2) is 4.56. The van der Waals surface area contributed by atoms with Crippen LogP contribution in [-0.4, -0.2) is 38.8 Å². The number of nitrogens with zero attached hydrogens (tertiary/aromatic N) is 4. The molecule has 18 heavy (non-hydrogen) atoms. The van der Waals surface area contributed by atoms with Crippen LogP contribution in [0.15, 0.2) is 0 Å². The summed E-state index contributed by atoms with van der Waals surface area (Å²) >= 11 is 0. The highest BCUT2D eigenvalue weighted by molar-refractivity contribution is 5.56. The lowest BCUT2D eigenvalue weighted by atomic mass is 10.0. The Morgan fingerprint density at radius 3 is 2.78 bits per heavy atom. The molecule has 0 amide bonds. The summed E-state index contributed by atoms with van der Waals surface area (Å²) in [5, 5.41) is 20.6. The number of aliphatic hydroxyl groups excluding tert-OH is 1. The van der Waals surface area contributed by atoms with E-state index in [4.69, 9.17) is 0 Å². The molecule has 7 heteroatoms. The first kappa shape index (κ1) is 12.8. The highest BCUT2D eigenvalue weighted by atomic mass is 16.6. The van der Waals surface area contributed by atoms with E-state index in [2.05, 4.69) is 4.98 Å². The molecule has 1 aromatic rings. The van der Waals surface area contributed by atoms with E-state index in [0.717, 1.165) is 13.0 Å². The second-order valence-electron chi connectivity index (χ2n) is 4.86. The van der Waals surface area contributed by atoms with Gasteiger partial charge in [0, 0.05) is 33.0 Å². The molecule has 0 aromatic carbocycles. The van der Waals surface area contributed by atoms with Gasteiger partial charge in [-0.2, -0.15) is 0 Å². The third-order valence-electron chi connectivity index (χ3n) is 3.65. The zero-order chi connectivity index (χ0) is 13.4. The summed E-state index contributed by atoms with van der Waals surface area (Å²) in [6.07, 6.45) is 0.461. The Balaban J connectivity index is 2.31. The number of anilines is 1. The second-order valence-corrected chi connectivity index (χ2v) is 4.86. The maximum absolute atomic E-state index is 11.0. The van der Waals surface area contributed by atoms with Gasteiger partial charge >= 0.3 is 5.82 Å². The Labute approximate surface area is 105 Å². The van der Waals surface area contributed by atoms with Gasteiger partial charge in [-0.1, -0.05) is 0 Å². The van der Waals surface area contributed by atoms with E-state index in [1.54, 1.807) is 25.5 Å². The normalized spacial score (nSPS) is 21.3. The van der Waals surface area contributed by atoms with E-state index >= 15 is 0 Å². The predicted octanol–water partition coefficient (Wildman–Crippen LogP) is 0.844. The molecule has 1 fully saturated rings. The molecule has 1 aromatic heterocycles. The Morgan fingerprint density at radius 1 is 1.61 bits per heavy atom. The zero-order valence-electron chi connectivity index (χ0n) is 10.8. The highest BCUT2D eigenvalue weighted by Crippen LogP contribution is 2.32.